The average molecular weight is 555 g/mol. The Balaban J connectivity index is 0.00000341. The van der Waals surface area contributed by atoms with Gasteiger partial charge in [0.25, 0.3) is 0 Å². The van der Waals surface area contributed by atoms with Crippen LogP contribution in [0.15, 0.2) is 47.7 Å². The molecule has 0 amide bonds. The van der Waals surface area contributed by atoms with Gasteiger partial charge >= 0.3 is 0 Å². The number of halogens is 1. The van der Waals surface area contributed by atoms with Gasteiger partial charge in [0.15, 0.2) is 11.8 Å². The highest BCUT2D eigenvalue weighted by Crippen LogP contribution is 2.12. The minimum atomic E-state index is 0. The first-order valence-corrected chi connectivity index (χ1v) is 11.5. The van der Waals surface area contributed by atoms with Crippen LogP contribution in [0.1, 0.15) is 29.2 Å². The predicted molar refractivity (Wildman–Crippen MR) is 138 cm³/mol. The van der Waals surface area contributed by atoms with Gasteiger partial charge < -0.3 is 15.2 Å². The van der Waals surface area contributed by atoms with Crippen LogP contribution in [0.2, 0.25) is 0 Å². The summed E-state index contributed by atoms with van der Waals surface area (Å²) in [5.41, 5.74) is 2.41. The van der Waals surface area contributed by atoms with Crippen LogP contribution in [0.3, 0.4) is 0 Å². The Morgan fingerprint density at radius 2 is 1.94 bits per heavy atom. The number of aromatic nitrogens is 5. The van der Waals surface area contributed by atoms with Crippen LogP contribution < -0.4 is 10.6 Å². The maximum absolute atomic E-state index is 4.83. The van der Waals surface area contributed by atoms with Gasteiger partial charge in [-0.1, -0.05) is 24.3 Å². The fourth-order valence-corrected chi connectivity index (χ4v) is 3.40. The van der Waals surface area contributed by atoms with Crippen molar-refractivity contribution in [1.29, 1.82) is 0 Å². The van der Waals surface area contributed by atoms with E-state index in [1.54, 1.807) is 6.20 Å². The normalized spacial score (nSPS) is 11.3. The molecule has 8 nitrogen and oxygen atoms in total. The Labute approximate surface area is 205 Å². The second kappa shape index (κ2) is 13.4. The summed E-state index contributed by atoms with van der Waals surface area (Å²) >= 11 is 1.85. The number of benzene rings is 1. The number of aliphatic imine (C=N–C) groups is 1. The van der Waals surface area contributed by atoms with Crippen LogP contribution in [0.25, 0.3) is 0 Å². The minimum absolute atomic E-state index is 0. The van der Waals surface area contributed by atoms with E-state index >= 15 is 0 Å². The summed E-state index contributed by atoms with van der Waals surface area (Å²) in [7, 11) is 1.97. The minimum Gasteiger partial charge on any atom is -0.356 e. The molecule has 0 atom stereocenters. The van der Waals surface area contributed by atoms with Crippen molar-refractivity contribution in [1.82, 2.24) is 35.2 Å². The Hall–Kier alpha value is -2.08. The summed E-state index contributed by atoms with van der Waals surface area (Å²) in [6.07, 6.45) is 6.99. The maximum atomic E-state index is 4.83. The van der Waals surface area contributed by atoms with Crippen molar-refractivity contribution in [3.63, 3.8) is 0 Å². The molecule has 1 aromatic carbocycles. The van der Waals surface area contributed by atoms with Crippen LogP contribution >= 0.6 is 35.7 Å². The number of hydrogen-bond acceptors (Lipinski definition) is 5. The SMILES string of the molecule is CSCCCNC(=NCc1ccccc1Cn1cccn1)NCc1nnc(C)n1C.I. The molecule has 0 saturated carbocycles. The molecule has 0 bridgehead atoms. The largest absolute Gasteiger partial charge is 0.356 e. The molecule has 2 heterocycles. The van der Waals surface area contributed by atoms with E-state index in [0.29, 0.717) is 13.1 Å². The summed E-state index contributed by atoms with van der Waals surface area (Å²) in [6.45, 7) is 4.72. The van der Waals surface area contributed by atoms with Crippen LogP contribution in [-0.2, 0) is 26.7 Å². The van der Waals surface area contributed by atoms with E-state index in [4.69, 9.17) is 4.99 Å². The molecule has 0 aliphatic rings. The van der Waals surface area contributed by atoms with Crippen LogP contribution in [0.5, 0.6) is 0 Å². The summed E-state index contributed by atoms with van der Waals surface area (Å²) in [5, 5.41) is 19.5. The Morgan fingerprint density at radius 3 is 2.61 bits per heavy atom. The quantitative estimate of drug-likeness (QED) is 0.174. The first-order valence-electron chi connectivity index (χ1n) is 10.1. The van der Waals surface area contributed by atoms with Gasteiger partial charge in [0.2, 0.25) is 0 Å². The molecular formula is C21H31IN8S. The Bertz CT molecular complexity index is 939. The third-order valence-corrected chi connectivity index (χ3v) is 5.53. The molecule has 0 fully saturated rings. The second-order valence-electron chi connectivity index (χ2n) is 6.99. The number of aryl methyl sites for hydroxylation is 1. The molecule has 3 rings (SSSR count). The molecule has 0 radical (unpaired) electrons. The van der Waals surface area contributed by atoms with Gasteiger partial charge in [-0.25, -0.2) is 4.99 Å². The molecule has 0 aliphatic carbocycles. The number of rotatable bonds is 10. The van der Waals surface area contributed by atoms with Crippen LogP contribution in [0.4, 0.5) is 0 Å². The van der Waals surface area contributed by atoms with E-state index < -0.39 is 0 Å². The number of nitrogens with one attached hydrogen (secondary N) is 2. The summed E-state index contributed by atoms with van der Waals surface area (Å²) in [5.74, 6) is 3.68. The van der Waals surface area contributed by atoms with E-state index in [0.717, 1.165) is 42.9 Å². The smallest absolute Gasteiger partial charge is 0.191 e. The monoisotopic (exact) mass is 554 g/mol. The van der Waals surface area contributed by atoms with E-state index in [9.17, 15) is 0 Å². The van der Waals surface area contributed by atoms with Crippen molar-refractivity contribution in [2.75, 3.05) is 18.6 Å². The first kappa shape index (κ1) is 25.2. The molecule has 0 saturated heterocycles. The van der Waals surface area contributed by atoms with Crippen molar-refractivity contribution in [2.45, 2.75) is 33.0 Å². The van der Waals surface area contributed by atoms with E-state index in [1.807, 2.05) is 47.2 Å². The Morgan fingerprint density at radius 1 is 1.13 bits per heavy atom. The van der Waals surface area contributed by atoms with Crippen LogP contribution in [-0.4, -0.2) is 49.1 Å². The lowest BCUT2D eigenvalue weighted by atomic mass is 10.1. The molecule has 168 valence electrons. The van der Waals surface area contributed by atoms with Crippen molar-refractivity contribution < 1.29 is 0 Å². The van der Waals surface area contributed by atoms with Gasteiger partial charge in [-0.15, -0.1) is 34.2 Å². The highest BCUT2D eigenvalue weighted by molar-refractivity contribution is 14.0. The summed E-state index contributed by atoms with van der Waals surface area (Å²) in [4.78, 5) is 4.83. The van der Waals surface area contributed by atoms with E-state index in [1.165, 1.54) is 11.1 Å². The topological polar surface area (TPSA) is 84.9 Å². The van der Waals surface area contributed by atoms with Gasteiger partial charge in [0.1, 0.15) is 5.82 Å². The molecule has 0 aliphatic heterocycles. The van der Waals surface area contributed by atoms with Crippen molar-refractivity contribution in [2.24, 2.45) is 12.0 Å². The highest BCUT2D eigenvalue weighted by atomic mass is 127. The molecule has 2 N–H and O–H groups in total. The third kappa shape index (κ3) is 7.84. The molecule has 31 heavy (non-hydrogen) atoms. The molecule has 3 aromatic rings. The molecule has 0 unspecified atom stereocenters. The number of hydrogen-bond donors (Lipinski definition) is 2. The lowest BCUT2D eigenvalue weighted by Crippen LogP contribution is -2.38. The molecule has 10 heteroatoms. The predicted octanol–water partition coefficient (Wildman–Crippen LogP) is 2.97. The second-order valence-corrected chi connectivity index (χ2v) is 7.97. The fourth-order valence-electron chi connectivity index (χ4n) is 2.96. The first-order chi connectivity index (χ1) is 14.7. The zero-order chi connectivity index (χ0) is 21.2. The fraction of sp³-hybridized carbons (Fsp3) is 0.429. The van der Waals surface area contributed by atoms with Crippen LogP contribution in [0, 0.1) is 6.92 Å². The number of nitrogens with zero attached hydrogens (tertiary/aromatic N) is 6. The van der Waals surface area contributed by atoms with Gasteiger partial charge in [0.05, 0.1) is 19.6 Å². The van der Waals surface area contributed by atoms with E-state index in [2.05, 4.69) is 56.5 Å². The Kier molecular flexibility index (Phi) is 10.9. The van der Waals surface area contributed by atoms with Crippen molar-refractivity contribution >= 4 is 41.7 Å². The number of guanidine groups is 1. The van der Waals surface area contributed by atoms with Gasteiger partial charge in [0, 0.05) is 26.0 Å². The van der Waals surface area contributed by atoms with E-state index in [-0.39, 0.29) is 24.0 Å². The van der Waals surface area contributed by atoms with Gasteiger partial charge in [-0.2, -0.15) is 16.9 Å². The maximum Gasteiger partial charge on any atom is 0.191 e. The standard InChI is InChI=1S/C21H30N8S.HI/c1-17-26-27-20(28(17)2)15-24-21(22-10-7-13-30-3)23-14-18-8-4-5-9-19(18)16-29-12-6-11-25-29;/h4-6,8-9,11-12H,7,10,13-16H2,1-3H3,(H2,22,23,24);1H. The zero-order valence-electron chi connectivity index (χ0n) is 18.3. The highest BCUT2D eigenvalue weighted by Gasteiger charge is 2.07. The summed E-state index contributed by atoms with van der Waals surface area (Å²) < 4.78 is 3.91. The van der Waals surface area contributed by atoms with Gasteiger partial charge in [-0.05, 0) is 42.5 Å². The molecule has 2 aromatic heterocycles. The van der Waals surface area contributed by atoms with Crippen molar-refractivity contribution in [3.8, 4) is 0 Å². The number of thioether (sulfide) groups is 1. The lowest BCUT2D eigenvalue weighted by Gasteiger charge is -2.13. The average Bonchev–Trinajstić information content (AvgIpc) is 3.38. The summed E-state index contributed by atoms with van der Waals surface area (Å²) in [6, 6.07) is 10.3. The van der Waals surface area contributed by atoms with Gasteiger partial charge in [-0.3, -0.25) is 4.68 Å². The van der Waals surface area contributed by atoms with Crippen molar-refractivity contribution in [3.05, 3.63) is 65.5 Å². The third-order valence-electron chi connectivity index (χ3n) is 4.83. The molecular weight excluding hydrogens is 523 g/mol. The zero-order valence-corrected chi connectivity index (χ0v) is 21.4. The molecule has 0 spiro atoms. The lowest BCUT2D eigenvalue weighted by molar-refractivity contribution is 0.680.